The predicted molar refractivity (Wildman–Crippen MR) is 106 cm³/mol. The van der Waals surface area contributed by atoms with Crippen LogP contribution in [0, 0.1) is 0 Å². The van der Waals surface area contributed by atoms with Gasteiger partial charge in [0.25, 0.3) is 10.0 Å². The lowest BCUT2D eigenvalue weighted by Crippen LogP contribution is -2.44. The molecule has 0 radical (unpaired) electrons. The van der Waals surface area contributed by atoms with Gasteiger partial charge in [0, 0.05) is 26.6 Å². The van der Waals surface area contributed by atoms with Crippen molar-refractivity contribution in [3.8, 4) is 0 Å². The largest absolute Gasteiger partial charge is 0.359 e. The average Bonchev–Trinajstić information content (AvgIpc) is 3.31. The third-order valence-corrected chi connectivity index (χ3v) is 9.36. The molecule has 1 aliphatic carbocycles. The Morgan fingerprint density at radius 3 is 2.63 bits per heavy atom. The van der Waals surface area contributed by atoms with Crippen LogP contribution < -0.4 is 5.32 Å². The third-order valence-electron chi connectivity index (χ3n) is 6.09. The lowest BCUT2D eigenvalue weighted by atomic mass is 9.73. The number of piperidine rings is 1. The quantitative estimate of drug-likeness (QED) is 0.852. The Labute approximate surface area is 164 Å². The molecule has 0 saturated carbocycles. The molecule has 1 aromatic carbocycles. The van der Waals surface area contributed by atoms with Gasteiger partial charge in [0.15, 0.2) is 0 Å². The van der Waals surface area contributed by atoms with Crippen molar-refractivity contribution in [3.63, 3.8) is 0 Å². The van der Waals surface area contributed by atoms with Crippen molar-refractivity contribution in [2.24, 2.45) is 0 Å². The zero-order valence-electron chi connectivity index (χ0n) is 15.3. The van der Waals surface area contributed by atoms with E-state index in [9.17, 15) is 13.2 Å². The van der Waals surface area contributed by atoms with Crippen LogP contribution in [0.3, 0.4) is 0 Å². The van der Waals surface area contributed by atoms with Gasteiger partial charge in [-0.1, -0.05) is 30.3 Å². The molecule has 1 atom stereocenters. The lowest BCUT2D eigenvalue weighted by molar-refractivity contribution is -0.121. The molecule has 2 aliphatic rings. The highest BCUT2D eigenvalue weighted by atomic mass is 32.2. The molecule has 1 aromatic heterocycles. The van der Waals surface area contributed by atoms with Gasteiger partial charge in [0.05, 0.1) is 0 Å². The molecule has 0 unspecified atom stereocenters. The fourth-order valence-electron chi connectivity index (χ4n) is 4.70. The Bertz CT molecular complexity index is 930. The second kappa shape index (κ2) is 7.04. The highest BCUT2D eigenvalue weighted by Gasteiger charge is 2.47. The predicted octanol–water partition coefficient (Wildman–Crippen LogP) is 3.09. The topological polar surface area (TPSA) is 66.5 Å². The van der Waals surface area contributed by atoms with E-state index >= 15 is 0 Å². The van der Waals surface area contributed by atoms with Crippen molar-refractivity contribution in [3.05, 3.63) is 52.9 Å². The van der Waals surface area contributed by atoms with Crippen LogP contribution >= 0.6 is 11.3 Å². The normalized spacial score (nSPS) is 21.9. The number of thiophene rings is 1. The lowest BCUT2D eigenvalue weighted by Gasteiger charge is -2.39. The first-order chi connectivity index (χ1) is 13.0. The number of carbonyl (C=O) groups is 1. The zero-order chi connectivity index (χ0) is 19.1. The molecule has 2 aromatic rings. The molecule has 1 aliphatic heterocycles. The van der Waals surface area contributed by atoms with Gasteiger partial charge in [-0.2, -0.15) is 4.31 Å². The van der Waals surface area contributed by atoms with Crippen molar-refractivity contribution in [1.82, 2.24) is 9.62 Å². The first kappa shape index (κ1) is 18.7. The summed E-state index contributed by atoms with van der Waals surface area (Å²) >= 11 is 1.27. The van der Waals surface area contributed by atoms with E-state index in [4.69, 9.17) is 0 Å². The maximum absolute atomic E-state index is 12.8. The molecular weight excluding hydrogens is 380 g/mol. The van der Waals surface area contributed by atoms with Crippen LogP contribution in [-0.2, 0) is 20.2 Å². The van der Waals surface area contributed by atoms with Crippen molar-refractivity contribution in [1.29, 1.82) is 0 Å². The summed E-state index contributed by atoms with van der Waals surface area (Å²) in [7, 11) is -1.72. The number of sulfonamides is 1. The molecule has 1 fully saturated rings. The van der Waals surface area contributed by atoms with E-state index in [1.165, 1.54) is 22.5 Å². The Balaban J connectivity index is 1.57. The van der Waals surface area contributed by atoms with Crippen molar-refractivity contribution in [2.45, 2.75) is 41.2 Å². The second-order valence-corrected chi connectivity index (χ2v) is 10.6. The summed E-state index contributed by atoms with van der Waals surface area (Å²) in [6.07, 6.45) is 3.02. The van der Waals surface area contributed by atoms with Gasteiger partial charge in [-0.05, 0) is 53.2 Å². The highest BCUT2D eigenvalue weighted by molar-refractivity contribution is 7.91. The third kappa shape index (κ3) is 3.22. The second-order valence-electron chi connectivity index (χ2n) is 7.48. The molecule has 1 saturated heterocycles. The van der Waals surface area contributed by atoms with Gasteiger partial charge in [-0.25, -0.2) is 8.42 Å². The molecule has 2 heterocycles. The first-order valence-corrected chi connectivity index (χ1v) is 11.6. The first-order valence-electron chi connectivity index (χ1n) is 9.30. The fourth-order valence-corrected chi connectivity index (χ4v) is 7.29. The van der Waals surface area contributed by atoms with Crippen LogP contribution in [0.5, 0.6) is 0 Å². The molecule has 144 valence electrons. The Hall–Kier alpha value is -1.70. The summed E-state index contributed by atoms with van der Waals surface area (Å²) in [5.74, 6) is 0.270. The smallest absolute Gasteiger partial charge is 0.252 e. The van der Waals surface area contributed by atoms with Crippen LogP contribution in [0.4, 0.5) is 0 Å². The van der Waals surface area contributed by atoms with E-state index in [1.54, 1.807) is 28.9 Å². The minimum absolute atomic E-state index is 0.0171. The van der Waals surface area contributed by atoms with E-state index in [0.717, 1.165) is 19.3 Å². The number of amides is 1. The molecule has 7 heteroatoms. The van der Waals surface area contributed by atoms with Gasteiger partial charge >= 0.3 is 0 Å². The highest BCUT2D eigenvalue weighted by Crippen LogP contribution is 2.53. The van der Waals surface area contributed by atoms with Crippen LogP contribution in [0.15, 0.2) is 46.0 Å². The fraction of sp³-hybridized carbons (Fsp3) is 0.450. The Kier molecular flexibility index (Phi) is 4.86. The molecule has 0 bridgehead atoms. The molecule has 27 heavy (non-hydrogen) atoms. The summed E-state index contributed by atoms with van der Waals surface area (Å²) in [4.78, 5) is 12.0. The van der Waals surface area contributed by atoms with E-state index in [2.05, 4.69) is 23.5 Å². The van der Waals surface area contributed by atoms with Crippen LogP contribution in [0.1, 0.15) is 42.7 Å². The molecular formula is C20H24N2O3S2. The van der Waals surface area contributed by atoms with E-state index in [-0.39, 0.29) is 17.2 Å². The molecule has 5 nitrogen and oxygen atoms in total. The number of carbonyl (C=O) groups excluding carboxylic acids is 1. The minimum atomic E-state index is -3.39. The number of hydrogen-bond donors (Lipinski definition) is 1. The van der Waals surface area contributed by atoms with E-state index in [1.807, 2.05) is 6.07 Å². The van der Waals surface area contributed by atoms with Gasteiger partial charge in [-0.15, -0.1) is 11.3 Å². The van der Waals surface area contributed by atoms with Gasteiger partial charge in [-0.3, -0.25) is 4.79 Å². The average molecular weight is 405 g/mol. The van der Waals surface area contributed by atoms with E-state index < -0.39 is 10.0 Å². The SMILES string of the molecule is CNC(=O)C[C@@H]1CC2(CCN(S(=O)(=O)c3cccs3)CC2)c2ccccc21. The number of hydrogen-bond acceptors (Lipinski definition) is 4. The van der Waals surface area contributed by atoms with Gasteiger partial charge in [0.2, 0.25) is 5.91 Å². The molecule has 1 amide bonds. The molecule has 4 rings (SSSR count). The van der Waals surface area contributed by atoms with Crippen LogP contribution in [-0.4, -0.2) is 38.8 Å². The summed E-state index contributed by atoms with van der Waals surface area (Å²) in [5, 5.41) is 4.53. The van der Waals surface area contributed by atoms with E-state index in [0.29, 0.717) is 23.7 Å². The van der Waals surface area contributed by atoms with Gasteiger partial charge < -0.3 is 5.32 Å². The summed E-state index contributed by atoms with van der Waals surface area (Å²) < 4.78 is 27.7. The maximum Gasteiger partial charge on any atom is 0.252 e. The standard InChI is InChI=1S/C20H24N2O3S2/c1-21-18(23)13-15-14-20(17-6-3-2-5-16(15)17)8-10-22(11-9-20)27(24,25)19-7-4-12-26-19/h2-7,12,15H,8-11,13-14H2,1H3,(H,21,23)/t15-/m1/s1. The monoisotopic (exact) mass is 404 g/mol. The maximum atomic E-state index is 12.8. The molecule has 1 spiro atoms. The van der Waals surface area contributed by atoms with Crippen molar-refractivity contribution in [2.75, 3.05) is 20.1 Å². The van der Waals surface area contributed by atoms with Crippen molar-refractivity contribution < 1.29 is 13.2 Å². The van der Waals surface area contributed by atoms with Crippen LogP contribution in [0.25, 0.3) is 0 Å². The minimum Gasteiger partial charge on any atom is -0.359 e. The summed E-state index contributed by atoms with van der Waals surface area (Å²) in [6.45, 7) is 1.06. The number of nitrogens with zero attached hydrogens (tertiary/aromatic N) is 1. The molecule has 1 N–H and O–H groups in total. The summed E-state index contributed by atoms with van der Waals surface area (Å²) in [5.41, 5.74) is 2.55. The Morgan fingerprint density at radius 1 is 1.22 bits per heavy atom. The Morgan fingerprint density at radius 2 is 1.96 bits per heavy atom. The van der Waals surface area contributed by atoms with Crippen LogP contribution in [0.2, 0.25) is 0 Å². The number of fused-ring (bicyclic) bond motifs is 2. The van der Waals surface area contributed by atoms with Gasteiger partial charge in [0.1, 0.15) is 4.21 Å². The van der Waals surface area contributed by atoms with Crippen molar-refractivity contribution >= 4 is 27.3 Å². The number of nitrogens with one attached hydrogen (secondary N) is 1. The summed E-state index contributed by atoms with van der Waals surface area (Å²) in [6, 6.07) is 11.8. The number of rotatable bonds is 4. The zero-order valence-corrected chi connectivity index (χ0v) is 17.0. The number of benzene rings is 1.